The van der Waals surface area contributed by atoms with E-state index in [2.05, 4.69) is 76.3 Å². The molecule has 3 aliphatic heterocycles. The minimum absolute atomic E-state index is 0. The fraction of sp³-hybridized carbons (Fsp3) is 0.536. The van der Waals surface area contributed by atoms with Gasteiger partial charge in [-0.3, -0.25) is 4.90 Å². The van der Waals surface area contributed by atoms with Crippen LogP contribution in [-0.2, 0) is 5.41 Å². The van der Waals surface area contributed by atoms with Gasteiger partial charge in [0.1, 0.15) is 5.82 Å². The summed E-state index contributed by atoms with van der Waals surface area (Å²) in [5.74, 6) is 1.18. The zero-order valence-electron chi connectivity index (χ0n) is 20.2. The molecule has 3 aromatic rings. The van der Waals surface area contributed by atoms with E-state index in [0.717, 1.165) is 30.7 Å². The summed E-state index contributed by atoms with van der Waals surface area (Å²) in [4.78, 5) is 7.76. The predicted molar refractivity (Wildman–Crippen MR) is 146 cm³/mol. The summed E-state index contributed by atoms with van der Waals surface area (Å²) in [5.41, 5.74) is 4.38. The monoisotopic (exact) mass is 500 g/mol. The maximum absolute atomic E-state index is 4.86. The van der Waals surface area contributed by atoms with Crippen molar-refractivity contribution in [2.75, 3.05) is 19.6 Å². The zero-order valence-corrected chi connectivity index (χ0v) is 21.8. The highest BCUT2D eigenvalue weighted by molar-refractivity contribution is 5.85. The van der Waals surface area contributed by atoms with Crippen molar-refractivity contribution in [1.29, 1.82) is 0 Å². The topological polar surface area (TPSA) is 33.1 Å². The first-order chi connectivity index (χ1) is 15.7. The van der Waals surface area contributed by atoms with E-state index >= 15 is 0 Å². The van der Waals surface area contributed by atoms with Crippen molar-refractivity contribution in [3.8, 4) is 0 Å². The minimum Gasteiger partial charge on any atom is -0.325 e. The van der Waals surface area contributed by atoms with Crippen LogP contribution in [0.5, 0.6) is 0 Å². The largest absolute Gasteiger partial charge is 0.325 e. The molecule has 3 fully saturated rings. The summed E-state index contributed by atoms with van der Waals surface area (Å²) < 4.78 is 2.55. The lowest BCUT2D eigenvalue weighted by atomic mass is 9.70. The number of fused-ring (bicyclic) bond motifs is 3. The highest BCUT2D eigenvalue weighted by Gasteiger charge is 2.43. The van der Waals surface area contributed by atoms with Gasteiger partial charge in [0.05, 0.1) is 11.0 Å². The van der Waals surface area contributed by atoms with Crippen molar-refractivity contribution in [2.45, 2.75) is 75.4 Å². The number of hydrogen-bond acceptors (Lipinski definition) is 3. The summed E-state index contributed by atoms with van der Waals surface area (Å²) in [6, 6.07) is 22.1. The molecule has 6 rings (SSSR count). The second-order valence-corrected chi connectivity index (χ2v) is 10.4. The number of aromatic nitrogens is 2. The van der Waals surface area contributed by atoms with Crippen molar-refractivity contribution in [1.82, 2.24) is 19.8 Å². The van der Waals surface area contributed by atoms with E-state index in [1.165, 1.54) is 62.8 Å². The fourth-order valence-electron chi connectivity index (χ4n) is 7.17. The van der Waals surface area contributed by atoms with Gasteiger partial charge in [0.15, 0.2) is 0 Å². The normalized spacial score (nSPS) is 26.1. The molecule has 0 saturated carbocycles. The van der Waals surface area contributed by atoms with E-state index < -0.39 is 0 Å². The molecule has 3 aliphatic rings. The Balaban J connectivity index is 0.00000137. The highest BCUT2D eigenvalue weighted by Crippen LogP contribution is 2.44. The summed E-state index contributed by atoms with van der Waals surface area (Å²) in [7, 11) is 0. The van der Waals surface area contributed by atoms with Crippen LogP contribution in [0.2, 0.25) is 0 Å². The Morgan fingerprint density at radius 2 is 1.53 bits per heavy atom. The summed E-state index contributed by atoms with van der Waals surface area (Å²) in [6.07, 6.45) is 9.12. The lowest BCUT2D eigenvalue weighted by Crippen LogP contribution is -2.47. The van der Waals surface area contributed by atoms with Crippen molar-refractivity contribution < 1.29 is 0 Å². The van der Waals surface area contributed by atoms with E-state index in [-0.39, 0.29) is 24.8 Å². The van der Waals surface area contributed by atoms with Crippen LogP contribution in [-0.4, -0.2) is 46.2 Å². The molecule has 3 atom stereocenters. The third-order valence-electron chi connectivity index (χ3n) is 8.79. The molecule has 184 valence electrons. The Bertz CT molecular complexity index is 1060. The Morgan fingerprint density at radius 1 is 0.882 bits per heavy atom. The molecule has 0 radical (unpaired) electrons. The SMILES string of the molecule is Cc1nc2ccccc2n1C1C[C@H]2CC[C@@H](C1)N2CCC1(c2ccccc2)CCNCC1.Cl.Cl. The number of piperidine rings is 2. The van der Waals surface area contributed by atoms with Gasteiger partial charge < -0.3 is 9.88 Å². The minimum atomic E-state index is 0. The van der Waals surface area contributed by atoms with Gasteiger partial charge in [-0.25, -0.2) is 4.98 Å². The number of hydrogen-bond donors (Lipinski definition) is 1. The van der Waals surface area contributed by atoms with Crippen molar-refractivity contribution in [2.24, 2.45) is 0 Å². The average Bonchev–Trinajstić information content (AvgIpc) is 3.30. The third kappa shape index (κ3) is 4.51. The number of benzene rings is 2. The molecule has 6 heteroatoms. The van der Waals surface area contributed by atoms with Gasteiger partial charge in [0.2, 0.25) is 0 Å². The number of para-hydroxylation sites is 2. The Morgan fingerprint density at radius 3 is 2.24 bits per heavy atom. The van der Waals surface area contributed by atoms with Crippen LogP contribution in [0.15, 0.2) is 54.6 Å². The van der Waals surface area contributed by atoms with Crippen molar-refractivity contribution in [3.05, 3.63) is 66.0 Å². The number of imidazole rings is 1. The van der Waals surface area contributed by atoms with Crippen LogP contribution in [0.3, 0.4) is 0 Å². The van der Waals surface area contributed by atoms with E-state index in [9.17, 15) is 0 Å². The molecule has 2 bridgehead atoms. The number of nitrogens with one attached hydrogen (secondary N) is 1. The first-order valence-corrected chi connectivity index (χ1v) is 12.7. The van der Waals surface area contributed by atoms with Gasteiger partial charge >= 0.3 is 0 Å². The van der Waals surface area contributed by atoms with E-state index in [1.54, 1.807) is 5.56 Å². The molecule has 1 N–H and O–H groups in total. The molecule has 0 aliphatic carbocycles. The fourth-order valence-corrected chi connectivity index (χ4v) is 7.17. The molecular formula is C28H38Cl2N4. The van der Waals surface area contributed by atoms with Gasteiger partial charge in [-0.15, -0.1) is 24.8 Å². The van der Waals surface area contributed by atoms with E-state index in [1.807, 2.05) is 0 Å². The smallest absolute Gasteiger partial charge is 0.106 e. The maximum Gasteiger partial charge on any atom is 0.106 e. The second kappa shape index (κ2) is 10.6. The summed E-state index contributed by atoms with van der Waals surface area (Å²) in [5, 5.41) is 3.60. The zero-order chi connectivity index (χ0) is 21.5. The summed E-state index contributed by atoms with van der Waals surface area (Å²) in [6.45, 7) is 5.74. The third-order valence-corrected chi connectivity index (χ3v) is 8.79. The first kappa shape index (κ1) is 25.5. The molecule has 2 aromatic carbocycles. The Hall–Kier alpha value is -1.59. The second-order valence-electron chi connectivity index (χ2n) is 10.4. The molecule has 34 heavy (non-hydrogen) atoms. The number of nitrogens with zero attached hydrogens (tertiary/aromatic N) is 3. The van der Waals surface area contributed by atoms with E-state index in [0.29, 0.717) is 11.5 Å². The molecule has 0 spiro atoms. The Kier molecular flexibility index (Phi) is 7.93. The molecule has 0 amide bonds. The van der Waals surface area contributed by atoms with Crippen molar-refractivity contribution >= 4 is 35.8 Å². The predicted octanol–water partition coefficient (Wildman–Crippen LogP) is 6.07. The van der Waals surface area contributed by atoms with Gasteiger partial charge in [-0.05, 0) is 94.6 Å². The van der Waals surface area contributed by atoms with Gasteiger partial charge in [0, 0.05) is 18.1 Å². The lowest BCUT2D eigenvalue weighted by Gasteiger charge is -2.44. The van der Waals surface area contributed by atoms with Gasteiger partial charge in [0.25, 0.3) is 0 Å². The molecular weight excluding hydrogens is 463 g/mol. The number of aryl methyl sites for hydroxylation is 1. The molecule has 4 nitrogen and oxygen atoms in total. The lowest BCUT2D eigenvalue weighted by molar-refractivity contribution is 0.0929. The van der Waals surface area contributed by atoms with Crippen LogP contribution in [0, 0.1) is 6.92 Å². The quantitative estimate of drug-likeness (QED) is 0.461. The summed E-state index contributed by atoms with van der Waals surface area (Å²) >= 11 is 0. The first-order valence-electron chi connectivity index (χ1n) is 12.7. The standard InChI is InChI=1S/C28H36N4.2ClH/c1-21-30-26-9-5-6-10-27(26)32(21)25-19-23-11-12-24(20-25)31(23)18-15-28(13-16-29-17-14-28)22-7-3-2-4-8-22;;/h2-10,23-25,29H,11-20H2,1H3;2*1H/t23-,24+,25?;;. The maximum atomic E-state index is 4.86. The van der Waals surface area contributed by atoms with Crippen LogP contribution in [0.25, 0.3) is 11.0 Å². The van der Waals surface area contributed by atoms with Crippen molar-refractivity contribution in [3.63, 3.8) is 0 Å². The molecule has 1 aromatic heterocycles. The number of rotatable bonds is 5. The molecule has 1 unspecified atom stereocenters. The molecule has 3 saturated heterocycles. The Labute approximate surface area is 216 Å². The highest BCUT2D eigenvalue weighted by atomic mass is 35.5. The average molecular weight is 502 g/mol. The van der Waals surface area contributed by atoms with Gasteiger partial charge in [-0.1, -0.05) is 42.5 Å². The number of halogens is 2. The van der Waals surface area contributed by atoms with Crippen LogP contribution < -0.4 is 5.32 Å². The molecule has 4 heterocycles. The van der Waals surface area contributed by atoms with E-state index in [4.69, 9.17) is 4.98 Å². The van der Waals surface area contributed by atoms with Crippen LogP contribution >= 0.6 is 24.8 Å². The van der Waals surface area contributed by atoms with Gasteiger partial charge in [-0.2, -0.15) is 0 Å². The van der Waals surface area contributed by atoms with Crippen LogP contribution in [0.1, 0.15) is 62.4 Å². The van der Waals surface area contributed by atoms with Crippen LogP contribution in [0.4, 0.5) is 0 Å².